The molecule has 0 N–H and O–H groups in total. The largest absolute Gasteiger partial charge is 0.495 e. The van der Waals surface area contributed by atoms with Crippen LogP contribution in [0.2, 0.25) is 0 Å². The summed E-state index contributed by atoms with van der Waals surface area (Å²) in [5.41, 5.74) is 4.23. The van der Waals surface area contributed by atoms with Crippen molar-refractivity contribution in [2.75, 3.05) is 44.7 Å². The summed E-state index contributed by atoms with van der Waals surface area (Å²) in [7, 11) is 1.75. The monoisotopic (exact) mass is 502 g/mol. The van der Waals surface area contributed by atoms with Crippen LogP contribution in [0, 0.1) is 0 Å². The number of imide groups is 1. The topological polar surface area (TPSA) is 56.3 Å². The average Bonchev–Trinajstić information content (AvgIpc) is 3.64. The van der Waals surface area contributed by atoms with Crippen molar-refractivity contribution in [3.8, 4) is 5.75 Å². The molecule has 2 aromatic carbocycles. The quantitative estimate of drug-likeness (QED) is 0.557. The number of likely N-dealkylation sites (N-methyl/N-ethyl adjacent to an activating group) is 1. The molecule has 3 saturated heterocycles. The highest BCUT2D eigenvalue weighted by Crippen LogP contribution is 2.41. The molecule has 0 atom stereocenters. The van der Waals surface area contributed by atoms with Crippen LogP contribution < -0.4 is 9.64 Å². The second kappa shape index (κ2) is 9.67. The van der Waals surface area contributed by atoms with E-state index in [0.29, 0.717) is 19.4 Å². The predicted octanol–water partition coefficient (Wildman–Crippen LogP) is 4.08. The lowest BCUT2D eigenvalue weighted by Gasteiger charge is -2.42. The smallest absolute Gasteiger partial charge is 0.327 e. The number of hydrogen-bond donors (Lipinski definition) is 0. The number of carbonyl (C=O) groups is 2. The number of carbonyl (C=O) groups excluding carboxylic acids is 2. The Bertz CT molecular complexity index is 1160. The minimum absolute atomic E-state index is 0.0217. The van der Waals surface area contributed by atoms with E-state index in [2.05, 4.69) is 40.1 Å². The third-order valence-electron chi connectivity index (χ3n) is 9.06. The molecule has 3 fully saturated rings. The molecule has 37 heavy (non-hydrogen) atoms. The van der Waals surface area contributed by atoms with E-state index in [-0.39, 0.29) is 18.0 Å². The normalized spacial score (nSPS) is 21.9. The van der Waals surface area contributed by atoms with Gasteiger partial charge in [-0.05, 0) is 74.3 Å². The number of benzene rings is 2. The summed E-state index contributed by atoms with van der Waals surface area (Å²) < 4.78 is 5.75. The molecule has 0 unspecified atom stereocenters. The number of amides is 3. The first kappa shape index (κ1) is 24.3. The van der Waals surface area contributed by atoms with Gasteiger partial charge in [-0.25, -0.2) is 4.79 Å². The van der Waals surface area contributed by atoms with Crippen molar-refractivity contribution in [1.82, 2.24) is 14.7 Å². The maximum atomic E-state index is 13.9. The number of hydrogen-bond acceptors (Lipinski definition) is 5. The second-order valence-electron chi connectivity index (χ2n) is 11.0. The van der Waals surface area contributed by atoms with Crippen LogP contribution in [0.15, 0.2) is 42.5 Å². The third kappa shape index (κ3) is 4.08. The number of rotatable bonds is 6. The lowest BCUT2D eigenvalue weighted by atomic mass is 9.85. The molecular weight excluding hydrogens is 464 g/mol. The summed E-state index contributed by atoms with van der Waals surface area (Å²) in [5, 5.41) is 0. The van der Waals surface area contributed by atoms with Gasteiger partial charge in [0.2, 0.25) is 0 Å². The minimum atomic E-state index is -0.700. The first-order valence-corrected chi connectivity index (χ1v) is 13.9. The van der Waals surface area contributed by atoms with Gasteiger partial charge in [0.25, 0.3) is 5.91 Å². The molecule has 0 bridgehead atoms. The SMILES string of the molecule is CCN1C(=O)N(C2Cc3ccccc3C2)C(=O)C12CCN(Cc1ccc(N3CCCC3)c(OC)c1)CC2. The van der Waals surface area contributed by atoms with Crippen LogP contribution in [0.3, 0.4) is 0 Å². The van der Waals surface area contributed by atoms with Crippen LogP contribution in [0.5, 0.6) is 5.75 Å². The minimum Gasteiger partial charge on any atom is -0.495 e. The Balaban J connectivity index is 1.14. The zero-order valence-corrected chi connectivity index (χ0v) is 22.1. The van der Waals surface area contributed by atoms with Crippen molar-refractivity contribution in [2.24, 2.45) is 0 Å². The number of piperidine rings is 1. The molecule has 7 nitrogen and oxygen atoms in total. The fourth-order valence-electron chi connectivity index (χ4n) is 7.08. The zero-order chi connectivity index (χ0) is 25.6. The van der Waals surface area contributed by atoms with Gasteiger partial charge in [0.15, 0.2) is 0 Å². The number of nitrogens with zero attached hydrogens (tertiary/aromatic N) is 4. The summed E-state index contributed by atoms with van der Waals surface area (Å²) in [6.45, 7) is 7.16. The van der Waals surface area contributed by atoms with E-state index in [9.17, 15) is 9.59 Å². The van der Waals surface area contributed by atoms with Crippen molar-refractivity contribution in [3.05, 3.63) is 59.2 Å². The standard InChI is InChI=1S/C30H38N4O3/c1-3-33-29(36)34(25-19-23-8-4-5-9-24(23)20-25)28(35)30(33)12-16-31(17-13-30)21-22-10-11-26(27(18-22)37-2)32-14-6-7-15-32/h4-5,8-11,18,25H,3,6-7,12-17,19-21H2,1-2H3. The van der Waals surface area contributed by atoms with E-state index in [4.69, 9.17) is 4.74 Å². The molecule has 196 valence electrons. The summed E-state index contributed by atoms with van der Waals surface area (Å²) in [6, 6.07) is 14.7. The maximum absolute atomic E-state index is 13.9. The third-order valence-corrected chi connectivity index (χ3v) is 9.06. The van der Waals surface area contributed by atoms with E-state index in [1.54, 1.807) is 12.0 Å². The number of fused-ring (bicyclic) bond motifs is 1. The Morgan fingerprint density at radius 1 is 0.946 bits per heavy atom. The Labute approximate surface area is 220 Å². The van der Waals surface area contributed by atoms with E-state index >= 15 is 0 Å². The Hall–Kier alpha value is -3.06. The summed E-state index contributed by atoms with van der Waals surface area (Å²) >= 11 is 0. The van der Waals surface area contributed by atoms with Crippen LogP contribution in [0.25, 0.3) is 0 Å². The molecule has 4 aliphatic rings. The first-order valence-electron chi connectivity index (χ1n) is 13.9. The fourth-order valence-corrected chi connectivity index (χ4v) is 7.08. The summed E-state index contributed by atoms with van der Waals surface area (Å²) in [5.74, 6) is 0.961. The van der Waals surface area contributed by atoms with E-state index in [0.717, 1.165) is 51.3 Å². The molecule has 3 heterocycles. The molecule has 7 heteroatoms. The highest BCUT2D eigenvalue weighted by atomic mass is 16.5. The lowest BCUT2D eigenvalue weighted by molar-refractivity contribution is -0.137. The van der Waals surface area contributed by atoms with Crippen LogP contribution in [0.4, 0.5) is 10.5 Å². The molecule has 0 aromatic heterocycles. The summed E-state index contributed by atoms with van der Waals surface area (Å²) in [6.07, 6.45) is 5.38. The van der Waals surface area contributed by atoms with E-state index in [1.807, 2.05) is 24.0 Å². The van der Waals surface area contributed by atoms with Gasteiger partial charge in [-0.15, -0.1) is 0 Å². The van der Waals surface area contributed by atoms with E-state index in [1.165, 1.54) is 35.2 Å². The van der Waals surface area contributed by atoms with Crippen molar-refractivity contribution in [3.63, 3.8) is 0 Å². The van der Waals surface area contributed by atoms with Crippen LogP contribution >= 0.6 is 0 Å². The zero-order valence-electron chi connectivity index (χ0n) is 22.1. The van der Waals surface area contributed by atoms with Crippen molar-refractivity contribution < 1.29 is 14.3 Å². The van der Waals surface area contributed by atoms with Gasteiger partial charge in [-0.3, -0.25) is 14.6 Å². The van der Waals surface area contributed by atoms with Gasteiger partial charge >= 0.3 is 6.03 Å². The number of methoxy groups -OCH3 is 1. The maximum Gasteiger partial charge on any atom is 0.327 e. The Morgan fingerprint density at radius 2 is 1.62 bits per heavy atom. The molecule has 1 aliphatic carbocycles. The average molecular weight is 503 g/mol. The van der Waals surface area contributed by atoms with Gasteiger partial charge < -0.3 is 14.5 Å². The Morgan fingerprint density at radius 3 is 2.24 bits per heavy atom. The van der Waals surface area contributed by atoms with Crippen molar-refractivity contribution in [2.45, 2.75) is 63.6 Å². The molecule has 0 saturated carbocycles. The number of ether oxygens (including phenoxy) is 1. The molecule has 6 rings (SSSR count). The van der Waals surface area contributed by atoms with Gasteiger partial charge in [0.1, 0.15) is 11.3 Å². The van der Waals surface area contributed by atoms with Gasteiger partial charge in [-0.1, -0.05) is 30.3 Å². The Kier molecular flexibility index (Phi) is 6.35. The number of anilines is 1. The lowest BCUT2D eigenvalue weighted by Crippen LogP contribution is -2.56. The number of likely N-dealkylation sites (tertiary alicyclic amines) is 1. The molecule has 3 amide bonds. The van der Waals surface area contributed by atoms with Crippen LogP contribution in [0.1, 0.15) is 49.3 Å². The molecular formula is C30H38N4O3. The molecule has 1 spiro atoms. The predicted molar refractivity (Wildman–Crippen MR) is 144 cm³/mol. The highest BCUT2D eigenvalue weighted by Gasteiger charge is 2.59. The van der Waals surface area contributed by atoms with Crippen molar-refractivity contribution in [1.29, 1.82) is 0 Å². The van der Waals surface area contributed by atoms with Gasteiger partial charge in [0, 0.05) is 45.3 Å². The summed E-state index contributed by atoms with van der Waals surface area (Å²) in [4.78, 5) is 35.8. The molecule has 2 aromatic rings. The van der Waals surface area contributed by atoms with Crippen LogP contribution in [-0.4, -0.2) is 78.1 Å². The highest BCUT2D eigenvalue weighted by molar-refractivity contribution is 6.07. The molecule has 3 aliphatic heterocycles. The van der Waals surface area contributed by atoms with Gasteiger partial charge in [-0.2, -0.15) is 0 Å². The van der Waals surface area contributed by atoms with Crippen molar-refractivity contribution >= 4 is 17.6 Å². The van der Waals surface area contributed by atoms with E-state index < -0.39 is 5.54 Å². The molecule has 0 radical (unpaired) electrons. The number of urea groups is 1. The van der Waals surface area contributed by atoms with Gasteiger partial charge in [0.05, 0.1) is 12.8 Å². The second-order valence-corrected chi connectivity index (χ2v) is 11.0. The fraction of sp³-hybridized carbons (Fsp3) is 0.533. The first-order chi connectivity index (χ1) is 18.0. The van der Waals surface area contributed by atoms with Crippen LogP contribution in [-0.2, 0) is 24.2 Å².